The summed E-state index contributed by atoms with van der Waals surface area (Å²) >= 11 is 1.47. The van der Waals surface area contributed by atoms with E-state index in [4.69, 9.17) is 14.7 Å². The lowest BCUT2D eigenvalue weighted by atomic mass is 10.1. The van der Waals surface area contributed by atoms with Crippen LogP contribution < -0.4 is 15.0 Å². The SMILES string of the molecule is COc1cc(N2CCC(S(C)(=O)=O)CC2)c(C)cc1Nc1nccc(-c2sc(C(C)C)nc2-c2cccc(CS(=O)(=O)c3c(F)cccc3F)c2)n1. The van der Waals surface area contributed by atoms with E-state index in [0.717, 1.165) is 39.3 Å². The van der Waals surface area contributed by atoms with Crippen LogP contribution in [0, 0.1) is 18.6 Å². The number of nitrogens with one attached hydrogen (secondary N) is 1. The second-order valence-electron chi connectivity index (χ2n) is 13.1. The molecule has 1 aliphatic rings. The third-order valence-electron chi connectivity index (χ3n) is 8.97. The van der Waals surface area contributed by atoms with E-state index in [1.54, 1.807) is 37.6 Å². The number of thiazole rings is 1. The number of hydrogen-bond acceptors (Lipinski definition) is 11. The Morgan fingerprint density at radius 2 is 1.67 bits per heavy atom. The quantitative estimate of drug-likeness (QED) is 0.143. The van der Waals surface area contributed by atoms with E-state index in [0.29, 0.717) is 65.8 Å². The molecule has 0 amide bonds. The van der Waals surface area contributed by atoms with Gasteiger partial charge in [-0.1, -0.05) is 38.1 Å². The molecule has 0 spiro atoms. The molecule has 0 radical (unpaired) electrons. The van der Waals surface area contributed by atoms with Gasteiger partial charge in [-0.25, -0.2) is 40.6 Å². The molecule has 10 nitrogen and oxygen atoms in total. The van der Waals surface area contributed by atoms with Gasteiger partial charge in [-0.3, -0.25) is 0 Å². The van der Waals surface area contributed by atoms with Crippen molar-refractivity contribution in [1.82, 2.24) is 15.0 Å². The number of aryl methyl sites for hydroxylation is 1. The van der Waals surface area contributed by atoms with Crippen molar-refractivity contribution in [2.45, 2.75) is 55.4 Å². The highest BCUT2D eigenvalue weighted by molar-refractivity contribution is 7.91. The van der Waals surface area contributed by atoms with Gasteiger partial charge in [0, 0.05) is 48.8 Å². The molecule has 3 aromatic carbocycles. The highest BCUT2D eigenvalue weighted by atomic mass is 32.2. The second-order valence-corrected chi connectivity index (χ2v) is 18.4. The van der Waals surface area contributed by atoms with E-state index in [1.807, 2.05) is 39.0 Å². The molecule has 1 saturated heterocycles. The maximum atomic E-state index is 14.4. The Hall–Kier alpha value is -4.47. The number of rotatable bonds is 11. The van der Waals surface area contributed by atoms with Crippen molar-refractivity contribution in [3.63, 3.8) is 0 Å². The first-order chi connectivity index (χ1) is 24.6. The van der Waals surface area contributed by atoms with Crippen molar-refractivity contribution < 1.29 is 30.4 Å². The van der Waals surface area contributed by atoms with Crippen molar-refractivity contribution in [3.8, 4) is 27.6 Å². The minimum absolute atomic E-state index is 0.0902. The molecule has 0 unspecified atom stereocenters. The standard InChI is InChI=1S/C37H39F2N5O5S3/c1-22(2)36-43-33(25-9-6-8-24(19-25)21-52(47,48)35-27(38)10-7-11-28(35)39)34(50-36)29-12-15-40-37(41-29)42-30-18-23(3)31(20-32(30)49-4)44-16-13-26(14-17-44)51(5,45)46/h6-12,15,18-20,22,26H,13-14,16-17,21H2,1-5H3,(H,40,41,42). The zero-order chi connectivity index (χ0) is 37.4. The van der Waals surface area contributed by atoms with Crippen molar-refractivity contribution in [2.24, 2.45) is 0 Å². The Morgan fingerprint density at radius 3 is 2.33 bits per heavy atom. The molecule has 15 heteroatoms. The smallest absolute Gasteiger partial charge is 0.227 e. The Morgan fingerprint density at radius 1 is 0.981 bits per heavy atom. The third kappa shape index (κ3) is 7.96. The summed E-state index contributed by atoms with van der Waals surface area (Å²) in [4.78, 5) is 16.2. The monoisotopic (exact) mass is 767 g/mol. The Balaban J connectivity index is 1.29. The van der Waals surface area contributed by atoms with Crippen LogP contribution in [0.25, 0.3) is 21.8 Å². The van der Waals surface area contributed by atoms with Gasteiger partial charge in [-0.15, -0.1) is 11.3 Å². The van der Waals surface area contributed by atoms with E-state index >= 15 is 0 Å². The van der Waals surface area contributed by atoms with Gasteiger partial charge in [0.15, 0.2) is 9.84 Å². The molecule has 3 heterocycles. The molecule has 5 aromatic rings. The van der Waals surface area contributed by atoms with Crippen LogP contribution in [0.1, 0.15) is 48.7 Å². The number of anilines is 3. The fraction of sp³-hybridized carbons (Fsp3) is 0.324. The van der Waals surface area contributed by atoms with Gasteiger partial charge in [-0.05, 0) is 61.2 Å². The molecule has 0 bridgehead atoms. The fourth-order valence-electron chi connectivity index (χ4n) is 6.31. The van der Waals surface area contributed by atoms with E-state index < -0.39 is 42.0 Å². The molecule has 1 N–H and O–H groups in total. The summed E-state index contributed by atoms with van der Waals surface area (Å²) < 4.78 is 85.0. The molecule has 52 heavy (non-hydrogen) atoms. The molecule has 1 fully saturated rings. The van der Waals surface area contributed by atoms with E-state index in [-0.39, 0.29) is 11.2 Å². The largest absolute Gasteiger partial charge is 0.494 e. The normalized spacial score (nSPS) is 14.2. The van der Waals surface area contributed by atoms with Gasteiger partial charge in [-0.2, -0.15) is 0 Å². The van der Waals surface area contributed by atoms with Crippen LogP contribution in [0.2, 0.25) is 0 Å². The first-order valence-electron chi connectivity index (χ1n) is 16.6. The molecule has 274 valence electrons. The lowest BCUT2D eigenvalue weighted by Gasteiger charge is -2.34. The van der Waals surface area contributed by atoms with Gasteiger partial charge in [0.05, 0.1) is 45.1 Å². The number of benzene rings is 3. The number of aromatic nitrogens is 3. The van der Waals surface area contributed by atoms with Gasteiger partial charge < -0.3 is 15.0 Å². The predicted molar refractivity (Wildman–Crippen MR) is 201 cm³/mol. The zero-order valence-electron chi connectivity index (χ0n) is 29.4. The molecule has 6 rings (SSSR count). The van der Waals surface area contributed by atoms with Crippen molar-refractivity contribution in [3.05, 3.63) is 94.6 Å². The molecular formula is C37H39F2N5O5S3. The van der Waals surface area contributed by atoms with Crippen LogP contribution in [0.5, 0.6) is 5.75 Å². The van der Waals surface area contributed by atoms with Gasteiger partial charge in [0.25, 0.3) is 0 Å². The zero-order valence-corrected chi connectivity index (χ0v) is 31.8. The third-order valence-corrected chi connectivity index (χ3v) is 13.8. The first kappa shape index (κ1) is 37.3. The van der Waals surface area contributed by atoms with Crippen LogP contribution in [0.4, 0.5) is 26.1 Å². The minimum atomic E-state index is -4.34. The highest BCUT2D eigenvalue weighted by Crippen LogP contribution is 2.40. The fourth-order valence-corrected chi connectivity index (χ4v) is 9.93. The number of methoxy groups -OCH3 is 1. The van der Waals surface area contributed by atoms with Gasteiger partial charge >= 0.3 is 0 Å². The Bertz CT molecular complexity index is 2320. The summed E-state index contributed by atoms with van der Waals surface area (Å²) in [6.07, 6.45) is 4.06. The number of piperidine rings is 1. The number of halogens is 2. The number of sulfone groups is 2. The lowest BCUT2D eigenvalue weighted by molar-refractivity contribution is 0.416. The highest BCUT2D eigenvalue weighted by Gasteiger charge is 2.28. The molecular weight excluding hydrogens is 729 g/mol. The summed E-state index contributed by atoms with van der Waals surface area (Å²) in [5.41, 5.74) is 4.75. The van der Waals surface area contributed by atoms with Crippen LogP contribution in [0.15, 0.2) is 71.8 Å². The van der Waals surface area contributed by atoms with Crippen molar-refractivity contribution in [1.29, 1.82) is 0 Å². The summed E-state index contributed by atoms with van der Waals surface area (Å²) in [7, 11) is -5.84. The number of ether oxygens (including phenoxy) is 1. The van der Waals surface area contributed by atoms with E-state index in [1.165, 1.54) is 17.6 Å². The lowest BCUT2D eigenvalue weighted by Crippen LogP contribution is -2.39. The van der Waals surface area contributed by atoms with Gasteiger partial charge in [0.2, 0.25) is 5.95 Å². The van der Waals surface area contributed by atoms with Crippen LogP contribution >= 0.6 is 11.3 Å². The topological polar surface area (TPSA) is 131 Å². The maximum absolute atomic E-state index is 14.4. The van der Waals surface area contributed by atoms with Crippen molar-refractivity contribution >= 4 is 48.3 Å². The van der Waals surface area contributed by atoms with Crippen LogP contribution in [-0.2, 0) is 25.4 Å². The van der Waals surface area contributed by atoms with E-state index in [9.17, 15) is 25.6 Å². The first-order valence-corrected chi connectivity index (χ1v) is 21.1. The van der Waals surface area contributed by atoms with E-state index in [2.05, 4.69) is 15.2 Å². The van der Waals surface area contributed by atoms with Crippen LogP contribution in [-0.4, -0.2) is 63.5 Å². The van der Waals surface area contributed by atoms with Gasteiger partial charge in [0.1, 0.15) is 32.1 Å². The maximum Gasteiger partial charge on any atom is 0.227 e. The molecule has 2 aromatic heterocycles. The molecule has 0 aliphatic carbocycles. The molecule has 1 aliphatic heterocycles. The summed E-state index contributed by atoms with van der Waals surface area (Å²) in [6, 6.07) is 15.4. The Kier molecular flexibility index (Phi) is 10.7. The predicted octanol–water partition coefficient (Wildman–Crippen LogP) is 7.72. The molecule has 0 atom stereocenters. The molecule has 0 saturated carbocycles. The number of hydrogen-bond donors (Lipinski definition) is 1. The average molecular weight is 768 g/mol. The number of nitrogens with zero attached hydrogens (tertiary/aromatic N) is 4. The summed E-state index contributed by atoms with van der Waals surface area (Å²) in [6.45, 7) is 7.29. The summed E-state index contributed by atoms with van der Waals surface area (Å²) in [5.74, 6) is -1.90. The Labute approximate surface area is 306 Å². The second kappa shape index (κ2) is 14.9. The average Bonchev–Trinajstić information content (AvgIpc) is 3.54. The van der Waals surface area contributed by atoms with Crippen LogP contribution in [0.3, 0.4) is 0 Å². The van der Waals surface area contributed by atoms with Crippen molar-refractivity contribution in [2.75, 3.05) is 36.7 Å². The minimum Gasteiger partial charge on any atom is -0.494 e. The summed E-state index contributed by atoms with van der Waals surface area (Å²) in [5, 5.41) is 3.81.